The average Bonchev–Trinajstić information content (AvgIpc) is 2.33. The van der Waals surface area contributed by atoms with Crippen molar-refractivity contribution in [3.63, 3.8) is 0 Å². The number of carbonyl (C=O) groups is 1. The molecule has 2 rings (SSSR count). The summed E-state index contributed by atoms with van der Waals surface area (Å²) in [5.41, 5.74) is 2.57. The molecular formula is C14H11FO. The van der Waals surface area contributed by atoms with Gasteiger partial charge in [-0.25, -0.2) is 4.39 Å². The van der Waals surface area contributed by atoms with Crippen molar-refractivity contribution in [3.05, 3.63) is 59.4 Å². The van der Waals surface area contributed by atoms with E-state index in [-0.39, 0.29) is 5.82 Å². The molecule has 0 saturated carbocycles. The molecule has 80 valence electrons. The molecule has 0 fully saturated rings. The van der Waals surface area contributed by atoms with E-state index in [1.165, 1.54) is 0 Å². The fourth-order valence-electron chi connectivity index (χ4n) is 1.61. The number of hydrogen-bond acceptors (Lipinski definition) is 1. The zero-order valence-corrected chi connectivity index (χ0v) is 8.91. The monoisotopic (exact) mass is 214 g/mol. The minimum Gasteiger partial charge on any atom is -0.298 e. The van der Waals surface area contributed by atoms with Crippen LogP contribution < -0.4 is 0 Å². The van der Waals surface area contributed by atoms with E-state index in [1.807, 2.05) is 6.07 Å². The lowest BCUT2D eigenvalue weighted by atomic mass is 10.0. The lowest BCUT2D eigenvalue weighted by molar-refractivity contribution is 0.112. The molecule has 0 aliphatic carbocycles. The Hall–Kier alpha value is -1.96. The molecule has 0 N–H and O–H groups in total. The molecule has 0 atom stereocenters. The fourth-order valence-corrected chi connectivity index (χ4v) is 1.61. The van der Waals surface area contributed by atoms with Crippen LogP contribution in [-0.2, 0) is 0 Å². The summed E-state index contributed by atoms with van der Waals surface area (Å²) >= 11 is 0. The molecule has 0 aliphatic heterocycles. The Morgan fingerprint density at radius 2 is 1.75 bits per heavy atom. The van der Waals surface area contributed by atoms with Crippen LogP contribution in [0.25, 0.3) is 11.1 Å². The van der Waals surface area contributed by atoms with Gasteiger partial charge in [0.15, 0.2) is 0 Å². The summed E-state index contributed by atoms with van der Waals surface area (Å²) < 4.78 is 13.8. The van der Waals surface area contributed by atoms with Gasteiger partial charge in [-0.3, -0.25) is 4.79 Å². The largest absolute Gasteiger partial charge is 0.298 e. The van der Waals surface area contributed by atoms with E-state index in [0.29, 0.717) is 16.7 Å². The molecule has 1 nitrogen and oxygen atoms in total. The number of halogens is 1. The molecule has 16 heavy (non-hydrogen) atoms. The third kappa shape index (κ3) is 1.87. The number of aryl methyl sites for hydroxylation is 1. The zero-order chi connectivity index (χ0) is 11.5. The molecule has 2 aromatic rings. The normalized spacial score (nSPS) is 10.1. The van der Waals surface area contributed by atoms with E-state index in [9.17, 15) is 9.18 Å². The first-order chi connectivity index (χ1) is 7.72. The van der Waals surface area contributed by atoms with Gasteiger partial charge < -0.3 is 0 Å². The molecule has 0 aliphatic rings. The fraction of sp³-hybridized carbons (Fsp3) is 0.0714. The topological polar surface area (TPSA) is 17.1 Å². The number of aldehydes is 1. The van der Waals surface area contributed by atoms with Gasteiger partial charge >= 0.3 is 0 Å². The summed E-state index contributed by atoms with van der Waals surface area (Å²) in [4.78, 5) is 10.5. The first-order valence-electron chi connectivity index (χ1n) is 5.03. The van der Waals surface area contributed by atoms with Crippen LogP contribution in [0.15, 0.2) is 42.5 Å². The van der Waals surface area contributed by atoms with E-state index in [4.69, 9.17) is 0 Å². The molecule has 2 aromatic carbocycles. The van der Waals surface area contributed by atoms with Crippen molar-refractivity contribution in [1.29, 1.82) is 0 Å². The number of rotatable bonds is 2. The second kappa shape index (κ2) is 4.27. The summed E-state index contributed by atoms with van der Waals surface area (Å²) in [7, 11) is 0. The molecule has 2 heteroatoms. The van der Waals surface area contributed by atoms with Gasteiger partial charge in [-0.2, -0.15) is 0 Å². The number of carbonyl (C=O) groups excluding carboxylic acids is 1. The first-order valence-corrected chi connectivity index (χ1v) is 5.03. The Morgan fingerprint density at radius 3 is 2.38 bits per heavy atom. The van der Waals surface area contributed by atoms with E-state index >= 15 is 0 Å². The van der Waals surface area contributed by atoms with Crippen molar-refractivity contribution in [2.75, 3.05) is 0 Å². The van der Waals surface area contributed by atoms with Gasteiger partial charge in [0.1, 0.15) is 12.1 Å². The highest BCUT2D eigenvalue weighted by molar-refractivity contribution is 5.77. The van der Waals surface area contributed by atoms with Crippen LogP contribution in [0.3, 0.4) is 0 Å². The summed E-state index contributed by atoms with van der Waals surface area (Å²) in [6.07, 6.45) is 0.774. The summed E-state index contributed by atoms with van der Waals surface area (Å²) in [6.45, 7) is 1.73. The maximum Gasteiger partial charge on any atom is 0.150 e. The van der Waals surface area contributed by atoms with Crippen LogP contribution in [0, 0.1) is 12.7 Å². The van der Waals surface area contributed by atoms with Crippen molar-refractivity contribution >= 4 is 6.29 Å². The van der Waals surface area contributed by atoms with Crippen LogP contribution in [0.2, 0.25) is 0 Å². The molecule has 0 amide bonds. The molecule has 0 spiro atoms. The Bertz CT molecular complexity index is 515. The highest BCUT2D eigenvalue weighted by Crippen LogP contribution is 2.24. The molecule has 0 heterocycles. The smallest absolute Gasteiger partial charge is 0.150 e. The Morgan fingerprint density at radius 1 is 1.06 bits per heavy atom. The highest BCUT2D eigenvalue weighted by atomic mass is 19.1. The van der Waals surface area contributed by atoms with Gasteiger partial charge in [-0.05, 0) is 18.1 Å². The summed E-state index contributed by atoms with van der Waals surface area (Å²) in [5, 5.41) is 0. The quantitative estimate of drug-likeness (QED) is 0.698. The van der Waals surface area contributed by atoms with Crippen molar-refractivity contribution in [2.24, 2.45) is 0 Å². The SMILES string of the molecule is Cc1cccc(-c2ccc(C=O)cc2)c1F. The Balaban J connectivity index is 2.50. The van der Waals surface area contributed by atoms with E-state index < -0.39 is 0 Å². The lowest BCUT2D eigenvalue weighted by Gasteiger charge is -2.05. The molecule has 0 aromatic heterocycles. The minimum atomic E-state index is -0.207. The van der Waals surface area contributed by atoms with Crippen LogP contribution in [-0.4, -0.2) is 6.29 Å². The third-order valence-corrected chi connectivity index (χ3v) is 2.55. The van der Waals surface area contributed by atoms with Crippen LogP contribution in [0.5, 0.6) is 0 Å². The van der Waals surface area contributed by atoms with E-state index in [1.54, 1.807) is 43.3 Å². The third-order valence-electron chi connectivity index (χ3n) is 2.55. The van der Waals surface area contributed by atoms with Gasteiger partial charge in [-0.1, -0.05) is 42.5 Å². The van der Waals surface area contributed by atoms with Crippen molar-refractivity contribution in [2.45, 2.75) is 6.92 Å². The molecule has 0 bridgehead atoms. The van der Waals surface area contributed by atoms with Crippen molar-refractivity contribution < 1.29 is 9.18 Å². The van der Waals surface area contributed by atoms with Gasteiger partial charge in [0, 0.05) is 11.1 Å². The average molecular weight is 214 g/mol. The van der Waals surface area contributed by atoms with Gasteiger partial charge in [0.2, 0.25) is 0 Å². The molecule has 0 unspecified atom stereocenters. The Labute approximate surface area is 93.5 Å². The zero-order valence-electron chi connectivity index (χ0n) is 8.91. The van der Waals surface area contributed by atoms with Gasteiger partial charge in [0.25, 0.3) is 0 Å². The predicted molar refractivity (Wildman–Crippen MR) is 62.0 cm³/mol. The van der Waals surface area contributed by atoms with Crippen LogP contribution in [0.1, 0.15) is 15.9 Å². The summed E-state index contributed by atoms with van der Waals surface area (Å²) in [6, 6.07) is 12.2. The van der Waals surface area contributed by atoms with Crippen molar-refractivity contribution in [3.8, 4) is 11.1 Å². The maximum atomic E-state index is 13.8. The lowest BCUT2D eigenvalue weighted by Crippen LogP contribution is -1.88. The van der Waals surface area contributed by atoms with E-state index in [2.05, 4.69) is 0 Å². The summed E-state index contributed by atoms with van der Waals surface area (Å²) in [5.74, 6) is -0.207. The van der Waals surface area contributed by atoms with Gasteiger partial charge in [-0.15, -0.1) is 0 Å². The second-order valence-electron chi connectivity index (χ2n) is 3.68. The molecule has 0 saturated heterocycles. The minimum absolute atomic E-state index is 0.207. The van der Waals surface area contributed by atoms with Crippen LogP contribution >= 0.6 is 0 Å². The van der Waals surface area contributed by atoms with Crippen molar-refractivity contribution in [1.82, 2.24) is 0 Å². The second-order valence-corrected chi connectivity index (χ2v) is 3.68. The molecular weight excluding hydrogens is 203 g/mol. The standard InChI is InChI=1S/C14H11FO/c1-10-3-2-4-13(14(10)15)12-7-5-11(9-16)6-8-12/h2-9H,1H3. The first kappa shape index (κ1) is 10.6. The van der Waals surface area contributed by atoms with Crippen LogP contribution in [0.4, 0.5) is 4.39 Å². The predicted octanol–water partition coefficient (Wildman–Crippen LogP) is 3.61. The van der Waals surface area contributed by atoms with E-state index in [0.717, 1.165) is 11.8 Å². The van der Waals surface area contributed by atoms with Gasteiger partial charge in [0.05, 0.1) is 0 Å². The Kier molecular flexibility index (Phi) is 2.82. The maximum absolute atomic E-state index is 13.8. The molecule has 0 radical (unpaired) electrons. The number of benzene rings is 2. The highest BCUT2D eigenvalue weighted by Gasteiger charge is 2.06. The number of hydrogen-bond donors (Lipinski definition) is 0.